The average molecular weight is 446 g/mol. The zero-order chi connectivity index (χ0) is 22.7. The van der Waals surface area contributed by atoms with E-state index in [1.807, 2.05) is 4.52 Å². The number of fused-ring (bicyclic) bond motifs is 2. The minimum atomic E-state index is 0.333. The Labute approximate surface area is 193 Å². The van der Waals surface area contributed by atoms with Crippen LogP contribution < -0.4 is 4.90 Å². The molecule has 0 saturated carbocycles. The van der Waals surface area contributed by atoms with E-state index in [9.17, 15) is 0 Å². The highest BCUT2D eigenvalue weighted by molar-refractivity contribution is 5.90. The maximum absolute atomic E-state index is 5.51. The monoisotopic (exact) mass is 445 g/mol. The first-order valence-corrected chi connectivity index (χ1v) is 11.9. The van der Waals surface area contributed by atoms with E-state index in [4.69, 9.17) is 9.72 Å². The summed E-state index contributed by atoms with van der Waals surface area (Å²) < 4.78 is 7.38. The van der Waals surface area contributed by atoms with Crippen molar-refractivity contribution >= 4 is 22.5 Å². The van der Waals surface area contributed by atoms with E-state index in [1.54, 1.807) is 6.33 Å². The molecule has 2 saturated heterocycles. The molecule has 6 heterocycles. The summed E-state index contributed by atoms with van der Waals surface area (Å²) in [6, 6.07) is 4.95. The van der Waals surface area contributed by atoms with Crippen LogP contribution in [-0.2, 0) is 4.74 Å². The minimum Gasteiger partial charge on any atom is -0.379 e. The molecular formula is C25H31N7O. The van der Waals surface area contributed by atoms with Gasteiger partial charge in [-0.2, -0.15) is 5.10 Å². The Balaban J connectivity index is 1.38. The maximum atomic E-state index is 5.51. The molecule has 6 rings (SSSR count). The molecule has 2 aliphatic rings. The molecule has 2 aliphatic heterocycles. The third kappa shape index (κ3) is 3.31. The Kier molecular flexibility index (Phi) is 4.88. The van der Waals surface area contributed by atoms with Gasteiger partial charge >= 0.3 is 0 Å². The lowest BCUT2D eigenvalue weighted by atomic mass is 9.95. The summed E-state index contributed by atoms with van der Waals surface area (Å²) in [5.74, 6) is 1.40. The largest absolute Gasteiger partial charge is 0.379 e. The number of hydrogen-bond acceptors (Lipinski definition) is 6. The molecule has 0 bridgehead atoms. The number of nitrogens with zero attached hydrogens (tertiary/aromatic N) is 6. The van der Waals surface area contributed by atoms with Crippen molar-refractivity contribution in [3.63, 3.8) is 0 Å². The zero-order valence-corrected chi connectivity index (χ0v) is 19.8. The van der Waals surface area contributed by atoms with Gasteiger partial charge in [0.05, 0.1) is 29.9 Å². The molecule has 4 aromatic heterocycles. The number of anilines is 1. The number of aromatic nitrogens is 5. The first-order valence-electron chi connectivity index (χ1n) is 11.9. The van der Waals surface area contributed by atoms with Gasteiger partial charge < -0.3 is 14.6 Å². The highest BCUT2D eigenvalue weighted by Crippen LogP contribution is 2.38. The van der Waals surface area contributed by atoms with Crippen LogP contribution in [0.15, 0.2) is 24.7 Å². The van der Waals surface area contributed by atoms with Crippen LogP contribution >= 0.6 is 0 Å². The van der Waals surface area contributed by atoms with Crippen molar-refractivity contribution in [1.82, 2.24) is 29.5 Å². The van der Waals surface area contributed by atoms with Crippen molar-refractivity contribution < 1.29 is 4.74 Å². The molecular weight excluding hydrogens is 414 g/mol. The number of morpholine rings is 1. The van der Waals surface area contributed by atoms with Gasteiger partial charge in [0.25, 0.3) is 0 Å². The normalized spacial score (nSPS) is 18.0. The lowest BCUT2D eigenvalue weighted by Gasteiger charge is -2.47. The predicted molar refractivity (Wildman–Crippen MR) is 130 cm³/mol. The van der Waals surface area contributed by atoms with E-state index in [1.165, 1.54) is 11.1 Å². The highest BCUT2D eigenvalue weighted by atomic mass is 16.5. The molecule has 0 radical (unpaired) electrons. The topological polar surface area (TPSA) is 74.6 Å². The summed E-state index contributed by atoms with van der Waals surface area (Å²) in [7, 11) is 0. The van der Waals surface area contributed by atoms with E-state index in [2.05, 4.69) is 70.9 Å². The van der Waals surface area contributed by atoms with Crippen molar-refractivity contribution in [1.29, 1.82) is 0 Å². The van der Waals surface area contributed by atoms with Gasteiger partial charge in [0, 0.05) is 49.5 Å². The van der Waals surface area contributed by atoms with Crippen molar-refractivity contribution in [2.24, 2.45) is 0 Å². The zero-order valence-electron chi connectivity index (χ0n) is 19.8. The average Bonchev–Trinajstić information content (AvgIpc) is 3.40. The van der Waals surface area contributed by atoms with Crippen LogP contribution in [0, 0.1) is 13.8 Å². The molecule has 1 N–H and O–H groups in total. The fourth-order valence-electron chi connectivity index (χ4n) is 5.30. The summed E-state index contributed by atoms with van der Waals surface area (Å²) in [5, 5.41) is 4.39. The van der Waals surface area contributed by atoms with E-state index in [-0.39, 0.29) is 0 Å². The number of aryl methyl sites for hydroxylation is 1. The maximum Gasteiger partial charge on any atom is 0.158 e. The lowest BCUT2D eigenvalue weighted by molar-refractivity contribution is 0.0104. The van der Waals surface area contributed by atoms with E-state index < -0.39 is 0 Å². The van der Waals surface area contributed by atoms with Crippen LogP contribution in [0.25, 0.3) is 27.9 Å². The fourth-order valence-corrected chi connectivity index (χ4v) is 5.30. The Morgan fingerprint density at radius 1 is 1.09 bits per heavy atom. The third-order valence-corrected chi connectivity index (χ3v) is 7.39. The van der Waals surface area contributed by atoms with Gasteiger partial charge in [-0.05, 0) is 43.0 Å². The van der Waals surface area contributed by atoms with Crippen molar-refractivity contribution in [3.8, 4) is 11.3 Å². The van der Waals surface area contributed by atoms with Crippen LogP contribution in [-0.4, -0.2) is 74.9 Å². The summed E-state index contributed by atoms with van der Waals surface area (Å²) in [6.45, 7) is 14.6. The lowest BCUT2D eigenvalue weighted by Crippen LogP contribution is -2.61. The smallest absolute Gasteiger partial charge is 0.158 e. The highest BCUT2D eigenvalue weighted by Gasteiger charge is 2.33. The summed E-state index contributed by atoms with van der Waals surface area (Å²) >= 11 is 0. The SMILES string of the molecule is Cc1c(-c2[nH]c3ccc(N4CC(N5CCOCC5)C4)nc3c2C(C)C)cn2ncnc2c1C. The quantitative estimate of drug-likeness (QED) is 0.518. The number of pyridine rings is 2. The van der Waals surface area contributed by atoms with Crippen LogP contribution in [0.2, 0.25) is 0 Å². The van der Waals surface area contributed by atoms with Gasteiger partial charge in [-0.25, -0.2) is 14.5 Å². The second-order valence-electron chi connectivity index (χ2n) is 9.66. The Hall–Kier alpha value is -2.97. The minimum absolute atomic E-state index is 0.333. The molecule has 0 spiro atoms. The van der Waals surface area contributed by atoms with Crippen LogP contribution in [0.1, 0.15) is 36.5 Å². The summed E-state index contributed by atoms with van der Waals surface area (Å²) in [4.78, 5) is 18.2. The molecule has 0 unspecified atom stereocenters. The second kappa shape index (κ2) is 7.81. The van der Waals surface area contributed by atoms with Gasteiger partial charge in [-0.1, -0.05) is 13.8 Å². The van der Waals surface area contributed by atoms with E-state index in [0.29, 0.717) is 12.0 Å². The Bertz CT molecular complexity index is 1330. The molecule has 2 fully saturated rings. The molecule has 4 aromatic rings. The molecule has 0 aromatic carbocycles. The van der Waals surface area contributed by atoms with Gasteiger partial charge in [-0.3, -0.25) is 4.90 Å². The van der Waals surface area contributed by atoms with Crippen molar-refractivity contribution in [2.75, 3.05) is 44.3 Å². The van der Waals surface area contributed by atoms with Crippen molar-refractivity contribution in [2.45, 2.75) is 39.7 Å². The predicted octanol–water partition coefficient (Wildman–Crippen LogP) is 3.53. The molecule has 172 valence electrons. The number of hydrogen-bond donors (Lipinski definition) is 1. The van der Waals surface area contributed by atoms with Gasteiger partial charge in [0.15, 0.2) is 5.65 Å². The molecule has 0 atom stereocenters. The molecule has 8 heteroatoms. The summed E-state index contributed by atoms with van der Waals surface area (Å²) in [6.07, 6.45) is 3.70. The fraction of sp³-hybridized carbons (Fsp3) is 0.480. The first-order chi connectivity index (χ1) is 16.0. The number of H-pyrrole nitrogens is 1. The van der Waals surface area contributed by atoms with E-state index in [0.717, 1.165) is 78.7 Å². The van der Waals surface area contributed by atoms with Crippen LogP contribution in [0.5, 0.6) is 0 Å². The van der Waals surface area contributed by atoms with Gasteiger partial charge in [-0.15, -0.1) is 0 Å². The number of ether oxygens (including phenoxy) is 1. The van der Waals surface area contributed by atoms with Gasteiger partial charge in [0.2, 0.25) is 0 Å². The first kappa shape index (κ1) is 20.6. The summed E-state index contributed by atoms with van der Waals surface area (Å²) in [5.41, 5.74) is 9.00. The number of rotatable bonds is 4. The third-order valence-electron chi connectivity index (χ3n) is 7.39. The van der Waals surface area contributed by atoms with Gasteiger partial charge in [0.1, 0.15) is 12.1 Å². The molecule has 0 aliphatic carbocycles. The van der Waals surface area contributed by atoms with E-state index >= 15 is 0 Å². The molecule has 33 heavy (non-hydrogen) atoms. The number of aromatic amines is 1. The van der Waals surface area contributed by atoms with Crippen LogP contribution in [0.4, 0.5) is 5.82 Å². The standard InChI is InChI=1S/C25H31N7O/c1-15(2)22-23(19-13-32-25(26-14-27-32)17(4)16(19)3)28-20-5-6-21(29-24(20)22)31-11-18(12-31)30-7-9-33-10-8-30/h5-6,13-15,18,28H,7-12H2,1-4H3. The van der Waals surface area contributed by atoms with Crippen molar-refractivity contribution in [3.05, 3.63) is 41.3 Å². The Morgan fingerprint density at radius 2 is 1.88 bits per heavy atom. The number of nitrogens with one attached hydrogen (secondary N) is 1. The second-order valence-corrected chi connectivity index (χ2v) is 9.66. The van der Waals surface area contributed by atoms with Crippen LogP contribution in [0.3, 0.4) is 0 Å². The molecule has 0 amide bonds. The Morgan fingerprint density at radius 3 is 2.64 bits per heavy atom. The molecule has 8 nitrogen and oxygen atoms in total.